The molecule has 0 unspecified atom stereocenters. The van der Waals surface area contributed by atoms with Crippen molar-refractivity contribution in [2.24, 2.45) is 0 Å². The molecule has 4 aromatic rings. The monoisotopic (exact) mass is 403 g/mol. The minimum Gasteiger partial charge on any atom is -0.344 e. The molecule has 130 valence electrons. The molecule has 0 atom stereocenters. The largest absolute Gasteiger partial charge is 0.344 e. The first kappa shape index (κ1) is 17.0. The van der Waals surface area contributed by atoms with Gasteiger partial charge in [0.05, 0.1) is 21.5 Å². The van der Waals surface area contributed by atoms with Gasteiger partial charge in [-0.1, -0.05) is 35.3 Å². The summed E-state index contributed by atoms with van der Waals surface area (Å²) in [6.07, 6.45) is 0. The quantitative estimate of drug-likeness (QED) is 0.556. The number of nitrogens with one attached hydrogen (secondary N) is 1. The van der Waals surface area contributed by atoms with Crippen molar-refractivity contribution in [1.29, 1.82) is 0 Å². The van der Waals surface area contributed by atoms with Gasteiger partial charge in [0.2, 0.25) is 0 Å². The maximum absolute atomic E-state index is 12.2. The summed E-state index contributed by atoms with van der Waals surface area (Å²) in [6.45, 7) is 0.201. The molecule has 1 aromatic carbocycles. The number of hydrogen-bond acceptors (Lipinski definition) is 5. The van der Waals surface area contributed by atoms with E-state index < -0.39 is 0 Å². The molecule has 3 heterocycles. The van der Waals surface area contributed by atoms with Crippen molar-refractivity contribution in [3.63, 3.8) is 0 Å². The van der Waals surface area contributed by atoms with E-state index in [0.29, 0.717) is 25.7 Å². The van der Waals surface area contributed by atoms with Gasteiger partial charge in [0.25, 0.3) is 5.91 Å². The van der Waals surface area contributed by atoms with Crippen LogP contribution in [0.2, 0.25) is 9.36 Å². The van der Waals surface area contributed by atoms with E-state index in [4.69, 9.17) is 23.2 Å². The number of thiophene rings is 1. The number of halogens is 2. The molecule has 0 aliphatic carbocycles. The summed E-state index contributed by atoms with van der Waals surface area (Å²) >= 11 is 13.0. The molecule has 0 aliphatic rings. The molecule has 0 fully saturated rings. The van der Waals surface area contributed by atoms with Gasteiger partial charge in [0.1, 0.15) is 0 Å². The summed E-state index contributed by atoms with van der Waals surface area (Å²) in [6, 6.07) is 14.5. The van der Waals surface area contributed by atoms with E-state index in [0.717, 1.165) is 11.3 Å². The lowest BCUT2D eigenvalue weighted by Crippen LogP contribution is -2.23. The van der Waals surface area contributed by atoms with Crippen molar-refractivity contribution in [2.75, 3.05) is 0 Å². The van der Waals surface area contributed by atoms with Crippen molar-refractivity contribution < 1.29 is 4.79 Å². The van der Waals surface area contributed by atoms with Crippen LogP contribution in [0.25, 0.3) is 16.9 Å². The maximum atomic E-state index is 12.2. The van der Waals surface area contributed by atoms with E-state index in [1.807, 2.05) is 36.4 Å². The Morgan fingerprint density at radius 3 is 2.58 bits per heavy atom. The maximum Gasteiger partial charge on any atom is 0.261 e. The molecule has 0 radical (unpaired) electrons. The first-order valence-corrected chi connectivity index (χ1v) is 9.18. The Bertz CT molecular complexity index is 1090. The first-order valence-electron chi connectivity index (χ1n) is 7.61. The topological polar surface area (TPSA) is 72.2 Å². The van der Waals surface area contributed by atoms with Gasteiger partial charge in [-0.25, -0.2) is 0 Å². The van der Waals surface area contributed by atoms with Crippen LogP contribution in [-0.4, -0.2) is 25.7 Å². The molecule has 0 aliphatic heterocycles. The van der Waals surface area contributed by atoms with Gasteiger partial charge >= 0.3 is 0 Å². The number of nitrogens with zero attached hydrogens (tertiary/aromatic N) is 4. The number of aromatic nitrogens is 4. The molecule has 1 N–H and O–H groups in total. The minimum absolute atomic E-state index is 0.201. The second-order valence-electron chi connectivity index (χ2n) is 5.40. The highest BCUT2D eigenvalue weighted by Gasteiger charge is 2.12. The minimum atomic E-state index is -0.215. The lowest BCUT2D eigenvalue weighted by atomic mass is 10.1. The smallest absolute Gasteiger partial charge is 0.261 e. The highest BCUT2D eigenvalue weighted by atomic mass is 35.5. The first-order chi connectivity index (χ1) is 12.6. The molecule has 0 saturated heterocycles. The van der Waals surface area contributed by atoms with E-state index in [2.05, 4.69) is 20.6 Å². The number of carbonyl (C=O) groups is 1. The van der Waals surface area contributed by atoms with Gasteiger partial charge in [0.15, 0.2) is 11.5 Å². The molecule has 0 saturated carbocycles. The molecule has 6 nitrogen and oxygen atoms in total. The van der Waals surface area contributed by atoms with Gasteiger partial charge in [-0.3, -0.25) is 4.79 Å². The normalized spacial score (nSPS) is 11.0. The van der Waals surface area contributed by atoms with Gasteiger partial charge in [-0.15, -0.1) is 21.5 Å². The summed E-state index contributed by atoms with van der Waals surface area (Å²) < 4.78 is 2.18. The summed E-state index contributed by atoms with van der Waals surface area (Å²) in [5.74, 6) is 0.319. The fraction of sp³-hybridized carbons (Fsp3) is 0.0588. The van der Waals surface area contributed by atoms with Crippen molar-refractivity contribution in [2.45, 2.75) is 6.54 Å². The average molecular weight is 404 g/mol. The van der Waals surface area contributed by atoms with E-state index in [1.165, 1.54) is 11.3 Å². The highest BCUT2D eigenvalue weighted by Crippen LogP contribution is 2.22. The molecular formula is C17H11Cl2N5OS. The van der Waals surface area contributed by atoms with Crippen LogP contribution in [0.4, 0.5) is 0 Å². The standard InChI is InChI=1S/C17H11Cl2N5OS/c18-11-3-1-10(2-4-11)12-5-8-15-21-22-16(24(15)23-12)9-20-17(25)13-6-7-14(19)26-13/h1-8H,9H2,(H,20,25). The number of hydrogen-bond donors (Lipinski definition) is 1. The molecule has 1 amide bonds. The van der Waals surface area contributed by atoms with Crippen LogP contribution in [0.1, 0.15) is 15.5 Å². The fourth-order valence-electron chi connectivity index (χ4n) is 2.40. The van der Waals surface area contributed by atoms with Crippen molar-refractivity contribution in [3.8, 4) is 11.3 Å². The third-order valence-electron chi connectivity index (χ3n) is 3.67. The predicted octanol–water partition coefficient (Wildman–Crippen LogP) is 4.09. The van der Waals surface area contributed by atoms with Gasteiger partial charge in [0, 0.05) is 10.6 Å². The Hall–Kier alpha value is -2.48. The predicted molar refractivity (Wildman–Crippen MR) is 102 cm³/mol. The Morgan fingerprint density at radius 2 is 1.85 bits per heavy atom. The summed E-state index contributed by atoms with van der Waals surface area (Å²) in [4.78, 5) is 12.7. The summed E-state index contributed by atoms with van der Waals surface area (Å²) in [7, 11) is 0. The number of carbonyl (C=O) groups excluding carboxylic acids is 1. The molecule has 9 heteroatoms. The lowest BCUT2D eigenvalue weighted by Gasteiger charge is -2.04. The van der Waals surface area contributed by atoms with Crippen molar-refractivity contribution in [3.05, 3.63) is 68.6 Å². The zero-order valence-corrected chi connectivity index (χ0v) is 15.5. The highest BCUT2D eigenvalue weighted by molar-refractivity contribution is 7.17. The molecule has 3 aromatic heterocycles. The van der Waals surface area contributed by atoms with E-state index in [9.17, 15) is 4.79 Å². The Morgan fingerprint density at radius 1 is 1.04 bits per heavy atom. The van der Waals surface area contributed by atoms with Gasteiger partial charge in [-0.05, 0) is 36.4 Å². The van der Waals surface area contributed by atoms with Crippen LogP contribution in [0.5, 0.6) is 0 Å². The number of rotatable bonds is 4. The molecular weight excluding hydrogens is 393 g/mol. The fourth-order valence-corrected chi connectivity index (χ4v) is 3.49. The second kappa shape index (κ2) is 7.03. The van der Waals surface area contributed by atoms with Crippen LogP contribution in [0.3, 0.4) is 0 Å². The van der Waals surface area contributed by atoms with Crippen LogP contribution < -0.4 is 5.32 Å². The SMILES string of the molecule is O=C(NCc1nnc2ccc(-c3ccc(Cl)cc3)nn12)c1ccc(Cl)s1. The zero-order chi connectivity index (χ0) is 18.1. The van der Waals surface area contributed by atoms with E-state index >= 15 is 0 Å². The summed E-state index contributed by atoms with van der Waals surface area (Å²) in [5, 5.41) is 16.2. The number of amides is 1. The Balaban J connectivity index is 1.58. The third-order valence-corrected chi connectivity index (χ3v) is 5.15. The third kappa shape index (κ3) is 3.41. The Labute approximate surface area is 162 Å². The lowest BCUT2D eigenvalue weighted by molar-refractivity contribution is 0.0953. The van der Waals surface area contributed by atoms with Crippen molar-refractivity contribution in [1.82, 2.24) is 25.1 Å². The zero-order valence-electron chi connectivity index (χ0n) is 13.2. The van der Waals surface area contributed by atoms with E-state index in [1.54, 1.807) is 16.6 Å². The molecule has 4 rings (SSSR count). The Kier molecular flexibility index (Phi) is 4.58. The molecule has 0 spiro atoms. The van der Waals surface area contributed by atoms with E-state index in [-0.39, 0.29) is 12.5 Å². The molecule has 0 bridgehead atoms. The average Bonchev–Trinajstić information content (AvgIpc) is 3.26. The van der Waals surface area contributed by atoms with Gasteiger partial charge in [-0.2, -0.15) is 9.61 Å². The van der Waals surface area contributed by atoms with Crippen LogP contribution in [0.15, 0.2) is 48.5 Å². The van der Waals surface area contributed by atoms with Gasteiger partial charge < -0.3 is 5.32 Å². The number of fused-ring (bicyclic) bond motifs is 1. The molecule has 26 heavy (non-hydrogen) atoms. The second-order valence-corrected chi connectivity index (χ2v) is 7.55. The number of benzene rings is 1. The van der Waals surface area contributed by atoms with Crippen LogP contribution >= 0.6 is 34.5 Å². The van der Waals surface area contributed by atoms with Crippen LogP contribution in [0, 0.1) is 0 Å². The van der Waals surface area contributed by atoms with Crippen molar-refractivity contribution >= 4 is 46.1 Å². The summed E-state index contributed by atoms with van der Waals surface area (Å²) in [5.41, 5.74) is 2.28. The van der Waals surface area contributed by atoms with Crippen LogP contribution in [-0.2, 0) is 6.54 Å².